The first-order valence-corrected chi connectivity index (χ1v) is 7.75. The van der Waals surface area contributed by atoms with Gasteiger partial charge < -0.3 is 0 Å². The normalized spacial score (nSPS) is 11.5. The van der Waals surface area contributed by atoms with E-state index in [0.29, 0.717) is 16.9 Å². The molecule has 1 heterocycles. The third kappa shape index (κ3) is 2.78. The van der Waals surface area contributed by atoms with Gasteiger partial charge in [0.1, 0.15) is 6.54 Å². The molecular weight excluding hydrogens is 303 g/mol. The summed E-state index contributed by atoms with van der Waals surface area (Å²) in [5.41, 5.74) is 1.21. The van der Waals surface area contributed by atoms with Crippen molar-refractivity contribution in [3.8, 4) is 0 Å². The summed E-state index contributed by atoms with van der Waals surface area (Å²) in [6, 6.07) is 15.1. The monoisotopic (exact) mass is 319 g/mol. The van der Waals surface area contributed by atoms with Gasteiger partial charge in [-0.2, -0.15) is 0 Å². The van der Waals surface area contributed by atoms with Gasteiger partial charge in [0.25, 0.3) is 10.3 Å². The van der Waals surface area contributed by atoms with E-state index in [1.165, 1.54) is 16.3 Å². The zero-order chi connectivity index (χ0) is 15.0. The van der Waals surface area contributed by atoms with E-state index in [4.69, 9.17) is 23.2 Å². The summed E-state index contributed by atoms with van der Waals surface area (Å²) in [6.45, 7) is 4.88. The van der Waals surface area contributed by atoms with Crippen LogP contribution in [0.3, 0.4) is 0 Å². The molecule has 0 atom stereocenters. The topological polar surface area (TPSA) is 8.81 Å². The van der Waals surface area contributed by atoms with E-state index in [2.05, 4.69) is 56.3 Å². The number of rotatable bonds is 3. The van der Waals surface area contributed by atoms with Crippen LogP contribution < -0.4 is 4.57 Å². The van der Waals surface area contributed by atoms with Gasteiger partial charge in [0, 0.05) is 0 Å². The van der Waals surface area contributed by atoms with Crippen molar-refractivity contribution >= 4 is 34.0 Å². The Labute approximate surface area is 134 Å². The van der Waals surface area contributed by atoms with E-state index < -0.39 is 0 Å². The van der Waals surface area contributed by atoms with Crippen LogP contribution in [-0.2, 0) is 6.54 Å². The first kappa shape index (κ1) is 14.4. The fourth-order valence-electron chi connectivity index (χ4n) is 2.48. The van der Waals surface area contributed by atoms with Crippen LogP contribution >= 0.6 is 23.2 Å². The van der Waals surface area contributed by atoms with Gasteiger partial charge in [0.15, 0.2) is 0 Å². The Kier molecular flexibility index (Phi) is 3.92. The average molecular weight is 320 g/mol. The van der Waals surface area contributed by atoms with Crippen LogP contribution in [-0.4, -0.2) is 4.57 Å². The lowest BCUT2D eigenvalue weighted by Crippen LogP contribution is -2.33. The average Bonchev–Trinajstić information content (AvgIpc) is 2.76. The molecule has 0 bridgehead atoms. The van der Waals surface area contributed by atoms with Crippen molar-refractivity contribution in [3.63, 3.8) is 0 Å². The molecule has 0 amide bonds. The maximum Gasteiger partial charge on any atom is 0.255 e. The fraction of sp³-hybridized carbons (Fsp3) is 0.235. The fourth-order valence-corrected chi connectivity index (χ4v) is 3.03. The maximum atomic E-state index is 6.34. The van der Waals surface area contributed by atoms with Gasteiger partial charge in [0.2, 0.25) is 6.33 Å². The Balaban J connectivity index is 1.96. The number of fused-ring (bicyclic) bond motifs is 1. The molecule has 0 aliphatic rings. The maximum absolute atomic E-state index is 6.34. The molecule has 0 radical (unpaired) electrons. The summed E-state index contributed by atoms with van der Waals surface area (Å²) < 4.78 is 3.96. The summed E-state index contributed by atoms with van der Waals surface area (Å²) in [7, 11) is 0. The third-order valence-corrected chi connectivity index (χ3v) is 4.50. The van der Waals surface area contributed by atoms with Gasteiger partial charge in [-0.3, -0.25) is 0 Å². The lowest BCUT2D eigenvalue weighted by Gasteiger charge is -2.02. The highest BCUT2D eigenvalue weighted by Crippen LogP contribution is 2.23. The second-order valence-corrected chi connectivity index (χ2v) is 6.22. The van der Waals surface area contributed by atoms with Crippen LogP contribution in [0.15, 0.2) is 48.8 Å². The molecule has 108 valence electrons. The van der Waals surface area contributed by atoms with Gasteiger partial charge in [-0.15, -0.1) is 0 Å². The Morgan fingerprint density at radius 1 is 1.05 bits per heavy atom. The number of nitrogens with zero attached hydrogens (tertiary/aromatic N) is 2. The number of imidazole rings is 1. The molecule has 0 fully saturated rings. The van der Waals surface area contributed by atoms with Crippen LogP contribution in [0.5, 0.6) is 0 Å². The van der Waals surface area contributed by atoms with E-state index in [1.54, 1.807) is 0 Å². The summed E-state index contributed by atoms with van der Waals surface area (Å²) >= 11 is 12.6. The largest absolute Gasteiger partial charge is 0.255 e. The number of hydrogen-bond acceptors (Lipinski definition) is 0. The van der Waals surface area contributed by atoms with E-state index in [-0.39, 0.29) is 6.04 Å². The van der Waals surface area contributed by atoms with Crippen molar-refractivity contribution in [2.45, 2.75) is 26.4 Å². The number of aromatic nitrogens is 2. The lowest BCUT2D eigenvalue weighted by molar-refractivity contribution is -0.685. The van der Waals surface area contributed by atoms with E-state index in [0.717, 1.165) is 0 Å². The Morgan fingerprint density at radius 3 is 2.43 bits per heavy atom. The van der Waals surface area contributed by atoms with Gasteiger partial charge in [-0.25, -0.2) is 9.13 Å². The zero-order valence-electron chi connectivity index (χ0n) is 12.1. The number of benzene rings is 2. The molecule has 0 spiro atoms. The third-order valence-electron chi connectivity index (χ3n) is 3.64. The number of hydrogen-bond donors (Lipinski definition) is 0. The minimum atomic E-state index is 0.285. The molecule has 21 heavy (non-hydrogen) atoms. The van der Waals surface area contributed by atoms with Crippen molar-refractivity contribution in [3.05, 3.63) is 64.7 Å². The predicted octanol–water partition coefficient (Wildman–Crippen LogP) is 4.86. The predicted molar refractivity (Wildman–Crippen MR) is 88.1 cm³/mol. The van der Waals surface area contributed by atoms with E-state index in [9.17, 15) is 0 Å². The van der Waals surface area contributed by atoms with Crippen LogP contribution in [0.2, 0.25) is 10.3 Å². The summed E-state index contributed by atoms with van der Waals surface area (Å²) in [4.78, 5) is 0. The molecule has 2 nitrogen and oxygen atoms in total. The molecule has 3 aromatic rings. The highest BCUT2D eigenvalue weighted by Gasteiger charge is 2.22. The second-order valence-electron chi connectivity index (χ2n) is 5.51. The standard InChI is InChI=1S/C17H17Cl2N2/c1-12(2)21-11-20(16(18)17(21)19)10-13-7-8-14-5-3-4-6-15(14)9-13/h3-9,11-12H,10H2,1-2H3/q+1. The first-order chi connectivity index (χ1) is 10.1. The lowest BCUT2D eigenvalue weighted by atomic mass is 10.1. The molecule has 3 rings (SSSR count). The van der Waals surface area contributed by atoms with Crippen LogP contribution in [0.1, 0.15) is 25.5 Å². The second kappa shape index (κ2) is 5.70. The summed E-state index contributed by atoms with van der Waals surface area (Å²) in [5.74, 6) is 0. The molecular formula is C17H17Cl2N2+. The molecule has 0 aliphatic carbocycles. The highest BCUT2D eigenvalue weighted by atomic mass is 35.5. The van der Waals surface area contributed by atoms with Crippen LogP contribution in [0.25, 0.3) is 10.8 Å². The summed E-state index contributed by atoms with van der Waals surface area (Å²) in [6.07, 6.45) is 1.98. The molecule has 0 unspecified atom stereocenters. The highest BCUT2D eigenvalue weighted by molar-refractivity contribution is 6.39. The Bertz CT molecular complexity index is 791. The SMILES string of the molecule is CC(C)n1c[n+](Cc2ccc3ccccc3c2)c(Cl)c1Cl. The van der Waals surface area contributed by atoms with E-state index in [1.807, 2.05) is 15.5 Å². The Hall–Kier alpha value is -1.51. The smallest absolute Gasteiger partial charge is 0.217 e. The van der Waals surface area contributed by atoms with E-state index >= 15 is 0 Å². The van der Waals surface area contributed by atoms with Crippen molar-refractivity contribution < 1.29 is 4.57 Å². The van der Waals surface area contributed by atoms with Crippen LogP contribution in [0.4, 0.5) is 0 Å². The van der Waals surface area contributed by atoms with Crippen molar-refractivity contribution in [2.75, 3.05) is 0 Å². The number of halogens is 2. The molecule has 1 aromatic heterocycles. The minimum absolute atomic E-state index is 0.285. The quantitative estimate of drug-likeness (QED) is 0.609. The van der Waals surface area contributed by atoms with Crippen LogP contribution in [0, 0.1) is 0 Å². The first-order valence-electron chi connectivity index (χ1n) is 6.99. The van der Waals surface area contributed by atoms with Gasteiger partial charge in [-0.1, -0.05) is 36.4 Å². The Morgan fingerprint density at radius 2 is 1.76 bits per heavy atom. The molecule has 4 heteroatoms. The van der Waals surface area contributed by atoms with Gasteiger partial charge >= 0.3 is 0 Å². The molecule has 2 aromatic carbocycles. The van der Waals surface area contributed by atoms with Gasteiger partial charge in [0.05, 0.1) is 6.04 Å². The molecule has 0 saturated carbocycles. The van der Waals surface area contributed by atoms with Crippen molar-refractivity contribution in [2.24, 2.45) is 0 Å². The van der Waals surface area contributed by atoms with Crippen molar-refractivity contribution in [1.82, 2.24) is 4.57 Å². The zero-order valence-corrected chi connectivity index (χ0v) is 13.6. The molecule has 0 aliphatic heterocycles. The summed E-state index contributed by atoms with van der Waals surface area (Å²) in [5, 5.41) is 3.65. The molecule has 0 saturated heterocycles. The molecule has 0 N–H and O–H groups in total. The minimum Gasteiger partial charge on any atom is -0.217 e. The van der Waals surface area contributed by atoms with Crippen molar-refractivity contribution in [1.29, 1.82) is 0 Å². The van der Waals surface area contributed by atoms with Gasteiger partial charge in [-0.05, 0) is 59.5 Å².